The first-order chi connectivity index (χ1) is 10.7. The molecule has 1 aliphatic rings. The fourth-order valence-corrected chi connectivity index (χ4v) is 2.79. The van der Waals surface area contributed by atoms with E-state index in [2.05, 4.69) is 5.32 Å². The average Bonchev–Trinajstić information content (AvgIpc) is 2.81. The van der Waals surface area contributed by atoms with Crippen LogP contribution in [0.1, 0.15) is 44.1 Å². The molecule has 4 nitrogen and oxygen atoms in total. The monoisotopic (exact) mass is 303 g/mol. The highest BCUT2D eigenvalue weighted by Gasteiger charge is 2.13. The number of ether oxygens (including phenoxy) is 2. The second kappa shape index (κ2) is 8.47. The highest BCUT2D eigenvalue weighted by Crippen LogP contribution is 2.25. The number of methoxy groups -OCH3 is 2. The molecule has 0 aromatic heterocycles. The van der Waals surface area contributed by atoms with Crippen molar-refractivity contribution in [3.05, 3.63) is 29.8 Å². The number of carbonyl (C=O) groups excluding carboxylic acids is 1. The summed E-state index contributed by atoms with van der Waals surface area (Å²) >= 11 is 0. The van der Waals surface area contributed by atoms with Gasteiger partial charge in [-0.25, -0.2) is 0 Å². The molecule has 0 spiro atoms. The van der Waals surface area contributed by atoms with Crippen molar-refractivity contribution >= 4 is 12.0 Å². The van der Waals surface area contributed by atoms with E-state index in [0.717, 1.165) is 24.2 Å². The lowest BCUT2D eigenvalue weighted by molar-refractivity contribution is -0.117. The molecule has 2 rings (SSSR count). The number of nitrogens with one attached hydrogen (secondary N) is 1. The smallest absolute Gasteiger partial charge is 0.244 e. The van der Waals surface area contributed by atoms with E-state index in [4.69, 9.17) is 9.47 Å². The lowest BCUT2D eigenvalue weighted by Crippen LogP contribution is -2.33. The lowest BCUT2D eigenvalue weighted by Gasteiger charge is -2.14. The fourth-order valence-electron chi connectivity index (χ4n) is 2.79. The maximum absolute atomic E-state index is 12.1. The lowest BCUT2D eigenvalue weighted by atomic mass is 10.1. The van der Waals surface area contributed by atoms with Gasteiger partial charge in [0.2, 0.25) is 5.91 Å². The molecule has 22 heavy (non-hydrogen) atoms. The van der Waals surface area contributed by atoms with Crippen molar-refractivity contribution in [1.82, 2.24) is 5.32 Å². The molecule has 4 heteroatoms. The van der Waals surface area contributed by atoms with Crippen LogP contribution >= 0.6 is 0 Å². The van der Waals surface area contributed by atoms with Crippen LogP contribution in [0.25, 0.3) is 6.08 Å². The molecule has 0 radical (unpaired) electrons. The fraction of sp³-hybridized carbons (Fsp3) is 0.500. The Morgan fingerprint density at radius 3 is 2.50 bits per heavy atom. The number of carbonyl (C=O) groups is 1. The molecule has 1 aliphatic carbocycles. The third-order valence-corrected chi connectivity index (χ3v) is 4.06. The van der Waals surface area contributed by atoms with Crippen LogP contribution in [0.2, 0.25) is 0 Å². The molecule has 1 saturated carbocycles. The first kappa shape index (κ1) is 16.4. The highest BCUT2D eigenvalue weighted by molar-refractivity contribution is 5.92. The maximum Gasteiger partial charge on any atom is 0.244 e. The Kier molecular flexibility index (Phi) is 6.31. The molecule has 120 valence electrons. The van der Waals surface area contributed by atoms with E-state index < -0.39 is 0 Å². The highest BCUT2D eigenvalue weighted by atomic mass is 16.5. The van der Waals surface area contributed by atoms with E-state index >= 15 is 0 Å². The van der Waals surface area contributed by atoms with Crippen molar-refractivity contribution in [1.29, 1.82) is 0 Å². The van der Waals surface area contributed by atoms with Crippen LogP contribution in [-0.2, 0) is 4.79 Å². The normalized spacial score (nSPS) is 16.3. The Morgan fingerprint density at radius 2 is 1.86 bits per heavy atom. The van der Waals surface area contributed by atoms with Gasteiger partial charge in [-0.2, -0.15) is 0 Å². The Morgan fingerprint density at radius 1 is 1.14 bits per heavy atom. The van der Waals surface area contributed by atoms with Gasteiger partial charge in [-0.1, -0.05) is 25.7 Å². The Labute approximate surface area is 132 Å². The summed E-state index contributed by atoms with van der Waals surface area (Å²) in [5, 5.41) is 3.10. The largest absolute Gasteiger partial charge is 0.497 e. The van der Waals surface area contributed by atoms with Crippen molar-refractivity contribution in [3.63, 3.8) is 0 Å². The number of amides is 1. The topological polar surface area (TPSA) is 47.6 Å². The van der Waals surface area contributed by atoms with E-state index in [9.17, 15) is 4.79 Å². The van der Waals surface area contributed by atoms with Gasteiger partial charge in [0.15, 0.2) is 0 Å². The molecule has 1 fully saturated rings. The summed E-state index contributed by atoms with van der Waals surface area (Å²) < 4.78 is 10.5. The van der Waals surface area contributed by atoms with Crippen LogP contribution in [0.3, 0.4) is 0 Å². The number of hydrogen-bond donors (Lipinski definition) is 1. The quantitative estimate of drug-likeness (QED) is 0.668. The van der Waals surface area contributed by atoms with Crippen LogP contribution in [0.4, 0.5) is 0 Å². The summed E-state index contributed by atoms with van der Waals surface area (Å²) in [5.74, 6) is 1.39. The minimum absolute atomic E-state index is 0.0372. The Hall–Kier alpha value is -1.97. The second-order valence-electron chi connectivity index (χ2n) is 5.64. The summed E-state index contributed by atoms with van der Waals surface area (Å²) in [6.45, 7) is 0. The average molecular weight is 303 g/mol. The zero-order valence-electron chi connectivity index (χ0n) is 13.4. The SMILES string of the molecule is COc1ccc(C=CC(=O)NC2CCCCCC2)c(OC)c1. The first-order valence-corrected chi connectivity index (χ1v) is 7.93. The van der Waals surface area contributed by atoms with Gasteiger partial charge in [-0.05, 0) is 31.1 Å². The molecular weight excluding hydrogens is 278 g/mol. The molecule has 0 saturated heterocycles. The Bertz CT molecular complexity index is 517. The van der Waals surface area contributed by atoms with E-state index in [0.29, 0.717) is 11.8 Å². The zero-order chi connectivity index (χ0) is 15.8. The number of rotatable bonds is 5. The van der Waals surface area contributed by atoms with Gasteiger partial charge < -0.3 is 14.8 Å². The zero-order valence-corrected chi connectivity index (χ0v) is 13.4. The van der Waals surface area contributed by atoms with Gasteiger partial charge in [-0.15, -0.1) is 0 Å². The van der Waals surface area contributed by atoms with Crippen LogP contribution in [0.15, 0.2) is 24.3 Å². The summed E-state index contributed by atoms with van der Waals surface area (Å²) in [5.41, 5.74) is 0.860. The van der Waals surface area contributed by atoms with Crippen LogP contribution in [0.5, 0.6) is 11.5 Å². The van der Waals surface area contributed by atoms with E-state index in [1.807, 2.05) is 18.2 Å². The molecular formula is C18H25NO3. The molecule has 1 aromatic carbocycles. The van der Waals surface area contributed by atoms with Gasteiger partial charge >= 0.3 is 0 Å². The molecule has 1 N–H and O–H groups in total. The third-order valence-electron chi connectivity index (χ3n) is 4.06. The predicted octanol–water partition coefficient (Wildman–Crippen LogP) is 3.56. The van der Waals surface area contributed by atoms with E-state index in [1.165, 1.54) is 25.7 Å². The first-order valence-electron chi connectivity index (χ1n) is 7.93. The summed E-state index contributed by atoms with van der Waals surface area (Å²) in [6.07, 6.45) is 10.5. The number of benzene rings is 1. The standard InChI is InChI=1S/C18H25NO3/c1-21-16-11-9-14(17(13-16)22-2)10-12-18(20)19-15-7-5-3-4-6-8-15/h9-13,15H,3-8H2,1-2H3,(H,19,20). The Balaban J connectivity index is 1.96. The van der Waals surface area contributed by atoms with E-state index in [-0.39, 0.29) is 5.91 Å². The minimum Gasteiger partial charge on any atom is -0.497 e. The van der Waals surface area contributed by atoms with Crippen LogP contribution in [0, 0.1) is 0 Å². The molecule has 0 unspecified atom stereocenters. The van der Waals surface area contributed by atoms with E-state index in [1.54, 1.807) is 26.4 Å². The van der Waals surface area contributed by atoms with Crippen LogP contribution < -0.4 is 14.8 Å². The molecule has 0 atom stereocenters. The molecule has 1 amide bonds. The maximum atomic E-state index is 12.1. The summed E-state index contributed by atoms with van der Waals surface area (Å²) in [4.78, 5) is 12.1. The van der Waals surface area contributed by atoms with Crippen molar-refractivity contribution in [2.45, 2.75) is 44.6 Å². The van der Waals surface area contributed by atoms with Gasteiger partial charge in [0.1, 0.15) is 11.5 Å². The van der Waals surface area contributed by atoms with Crippen molar-refractivity contribution < 1.29 is 14.3 Å². The predicted molar refractivity (Wildman–Crippen MR) is 88.2 cm³/mol. The number of hydrogen-bond acceptors (Lipinski definition) is 3. The minimum atomic E-state index is -0.0372. The molecule has 0 aliphatic heterocycles. The molecule has 0 bridgehead atoms. The van der Waals surface area contributed by atoms with Crippen molar-refractivity contribution in [2.75, 3.05) is 14.2 Å². The second-order valence-corrected chi connectivity index (χ2v) is 5.64. The van der Waals surface area contributed by atoms with Gasteiger partial charge in [0, 0.05) is 23.7 Å². The summed E-state index contributed by atoms with van der Waals surface area (Å²) in [7, 11) is 3.22. The van der Waals surface area contributed by atoms with Crippen molar-refractivity contribution in [2.24, 2.45) is 0 Å². The summed E-state index contributed by atoms with van der Waals surface area (Å²) in [6, 6.07) is 5.86. The third kappa shape index (κ3) is 4.79. The molecule has 1 aromatic rings. The van der Waals surface area contributed by atoms with Gasteiger partial charge in [0.05, 0.1) is 14.2 Å². The van der Waals surface area contributed by atoms with Gasteiger partial charge in [-0.3, -0.25) is 4.79 Å². The molecule has 0 heterocycles. The van der Waals surface area contributed by atoms with Crippen molar-refractivity contribution in [3.8, 4) is 11.5 Å². The van der Waals surface area contributed by atoms with Crippen LogP contribution in [-0.4, -0.2) is 26.2 Å². The van der Waals surface area contributed by atoms with Gasteiger partial charge in [0.25, 0.3) is 0 Å².